The zero-order chi connectivity index (χ0) is 19.0. The number of rotatable bonds is 14. The van der Waals surface area contributed by atoms with E-state index < -0.39 is 0 Å². The Morgan fingerprint density at radius 2 is 1.58 bits per heavy atom. The molecule has 0 atom stereocenters. The van der Waals surface area contributed by atoms with Gasteiger partial charge in [0.25, 0.3) is 5.91 Å². The number of halogens is 1. The highest BCUT2D eigenvalue weighted by Crippen LogP contribution is 2.14. The number of carbonyl (C=O) groups excluding carboxylic acids is 2. The van der Waals surface area contributed by atoms with Gasteiger partial charge < -0.3 is 10.1 Å². The van der Waals surface area contributed by atoms with Crippen LogP contribution in [0.2, 0.25) is 5.02 Å². The van der Waals surface area contributed by atoms with Crippen molar-refractivity contribution in [3.05, 3.63) is 34.9 Å². The highest BCUT2D eigenvalue weighted by molar-refractivity contribution is 6.33. The first-order valence-electron chi connectivity index (χ1n) is 9.83. The minimum absolute atomic E-state index is 0.174. The lowest BCUT2D eigenvalue weighted by Crippen LogP contribution is -2.26. The van der Waals surface area contributed by atoms with Gasteiger partial charge in [0.1, 0.15) is 0 Å². The summed E-state index contributed by atoms with van der Waals surface area (Å²) in [4.78, 5) is 23.6. The maximum atomic E-state index is 11.9. The van der Waals surface area contributed by atoms with Gasteiger partial charge in [0.05, 0.1) is 23.6 Å². The van der Waals surface area contributed by atoms with Crippen molar-refractivity contribution in [2.45, 2.75) is 71.1 Å². The van der Waals surface area contributed by atoms with Crippen molar-refractivity contribution in [3.8, 4) is 0 Å². The fraction of sp³-hybridized carbons (Fsp3) is 0.619. The molecule has 1 aromatic carbocycles. The Balaban J connectivity index is 1.97. The summed E-state index contributed by atoms with van der Waals surface area (Å²) in [5.41, 5.74) is 0.414. The van der Waals surface area contributed by atoms with E-state index in [2.05, 4.69) is 12.2 Å². The second kappa shape index (κ2) is 14.6. The molecule has 0 aliphatic rings. The predicted molar refractivity (Wildman–Crippen MR) is 107 cm³/mol. The summed E-state index contributed by atoms with van der Waals surface area (Å²) in [6, 6.07) is 6.83. The second-order valence-corrected chi connectivity index (χ2v) is 6.94. The maximum Gasteiger partial charge on any atom is 0.307 e. The van der Waals surface area contributed by atoms with Crippen LogP contribution in [0.15, 0.2) is 24.3 Å². The quantitative estimate of drug-likeness (QED) is 0.340. The number of ether oxygens (including phenoxy) is 1. The second-order valence-electron chi connectivity index (χ2n) is 6.53. The number of esters is 1. The lowest BCUT2D eigenvalue weighted by molar-refractivity contribution is -0.143. The molecule has 0 aliphatic heterocycles. The number of hydrogen-bond donors (Lipinski definition) is 1. The van der Waals surface area contributed by atoms with Crippen LogP contribution in [0.3, 0.4) is 0 Å². The van der Waals surface area contributed by atoms with Gasteiger partial charge in [-0.3, -0.25) is 9.59 Å². The number of benzene rings is 1. The van der Waals surface area contributed by atoms with E-state index in [0.717, 1.165) is 12.8 Å². The number of nitrogens with one attached hydrogen (secondary N) is 1. The molecule has 0 aliphatic carbocycles. The average Bonchev–Trinajstić information content (AvgIpc) is 2.63. The van der Waals surface area contributed by atoms with E-state index >= 15 is 0 Å². The van der Waals surface area contributed by atoms with Crippen molar-refractivity contribution in [3.63, 3.8) is 0 Å². The van der Waals surface area contributed by atoms with Crippen LogP contribution in [0.5, 0.6) is 0 Å². The molecular formula is C21H32ClNO3. The zero-order valence-corrected chi connectivity index (χ0v) is 16.7. The molecule has 0 saturated heterocycles. The fourth-order valence-electron chi connectivity index (χ4n) is 2.69. The lowest BCUT2D eigenvalue weighted by atomic mass is 10.1. The monoisotopic (exact) mass is 381 g/mol. The van der Waals surface area contributed by atoms with Crippen LogP contribution < -0.4 is 5.32 Å². The van der Waals surface area contributed by atoms with Crippen LogP contribution in [0.4, 0.5) is 0 Å². The Bertz CT molecular complexity index is 534. The number of hydrogen-bond acceptors (Lipinski definition) is 3. The highest BCUT2D eigenvalue weighted by atomic mass is 35.5. The van der Waals surface area contributed by atoms with Gasteiger partial charge in [0, 0.05) is 6.54 Å². The van der Waals surface area contributed by atoms with Gasteiger partial charge in [-0.05, 0) is 18.6 Å². The number of carbonyl (C=O) groups is 2. The first-order chi connectivity index (χ1) is 12.6. The van der Waals surface area contributed by atoms with Crippen LogP contribution in [0.1, 0.15) is 81.5 Å². The van der Waals surface area contributed by atoms with Crippen LogP contribution in [-0.4, -0.2) is 25.0 Å². The molecule has 146 valence electrons. The molecule has 1 amide bonds. The molecule has 1 aromatic rings. The molecule has 1 N–H and O–H groups in total. The molecule has 0 bridgehead atoms. The van der Waals surface area contributed by atoms with Gasteiger partial charge in [-0.25, -0.2) is 0 Å². The normalized spacial score (nSPS) is 10.5. The van der Waals surface area contributed by atoms with Crippen molar-refractivity contribution in [1.82, 2.24) is 5.32 Å². The van der Waals surface area contributed by atoms with Gasteiger partial charge in [-0.1, -0.05) is 82.0 Å². The van der Waals surface area contributed by atoms with Crippen LogP contribution in [0.25, 0.3) is 0 Å². The van der Waals surface area contributed by atoms with Crippen molar-refractivity contribution in [1.29, 1.82) is 0 Å². The van der Waals surface area contributed by atoms with Crippen molar-refractivity contribution in [2.75, 3.05) is 13.2 Å². The highest BCUT2D eigenvalue weighted by Gasteiger charge is 2.10. The molecule has 26 heavy (non-hydrogen) atoms. The summed E-state index contributed by atoms with van der Waals surface area (Å²) in [6.45, 7) is 2.95. The van der Waals surface area contributed by atoms with Gasteiger partial charge in [0.15, 0.2) is 0 Å². The molecule has 0 spiro atoms. The minimum atomic E-state index is -0.276. The first-order valence-corrected chi connectivity index (χ1v) is 10.2. The fourth-order valence-corrected chi connectivity index (χ4v) is 2.91. The van der Waals surface area contributed by atoms with Crippen LogP contribution in [-0.2, 0) is 9.53 Å². The first kappa shape index (κ1) is 22.5. The minimum Gasteiger partial charge on any atom is -0.466 e. The standard InChI is InChI=1S/C21H32ClNO3/c1-2-3-4-5-6-7-8-9-12-17-26-20(24)15-16-23-21(25)18-13-10-11-14-19(18)22/h10-11,13-14H,2-9,12,15-17H2,1H3,(H,23,25). The van der Waals surface area contributed by atoms with E-state index in [-0.39, 0.29) is 24.8 Å². The molecule has 0 fully saturated rings. The van der Waals surface area contributed by atoms with E-state index in [1.165, 1.54) is 44.9 Å². The summed E-state index contributed by atoms with van der Waals surface area (Å²) in [5, 5.41) is 3.09. The SMILES string of the molecule is CCCCCCCCCCCOC(=O)CCNC(=O)c1ccccc1Cl. The Labute approximate surface area is 162 Å². The predicted octanol–water partition coefficient (Wildman–Crippen LogP) is 5.53. The van der Waals surface area contributed by atoms with E-state index in [4.69, 9.17) is 16.3 Å². The summed E-state index contributed by atoms with van der Waals surface area (Å²) in [6.07, 6.45) is 11.3. The summed E-state index contributed by atoms with van der Waals surface area (Å²) < 4.78 is 5.20. The molecule has 1 rings (SSSR count). The third-order valence-corrected chi connectivity index (χ3v) is 4.57. The molecule has 0 saturated carbocycles. The van der Waals surface area contributed by atoms with Crippen molar-refractivity contribution in [2.24, 2.45) is 0 Å². The largest absolute Gasteiger partial charge is 0.466 e. The topological polar surface area (TPSA) is 55.4 Å². The van der Waals surface area contributed by atoms with E-state index in [9.17, 15) is 9.59 Å². The molecule has 0 aromatic heterocycles. The number of amides is 1. The molecular weight excluding hydrogens is 350 g/mol. The smallest absolute Gasteiger partial charge is 0.307 e. The van der Waals surface area contributed by atoms with E-state index in [0.29, 0.717) is 17.2 Å². The van der Waals surface area contributed by atoms with Gasteiger partial charge in [-0.15, -0.1) is 0 Å². The van der Waals surface area contributed by atoms with Crippen LogP contribution >= 0.6 is 11.6 Å². The molecule has 0 radical (unpaired) electrons. The van der Waals surface area contributed by atoms with Gasteiger partial charge in [0.2, 0.25) is 0 Å². The average molecular weight is 382 g/mol. The Kier molecular flexibility index (Phi) is 12.6. The zero-order valence-electron chi connectivity index (χ0n) is 15.9. The van der Waals surface area contributed by atoms with Gasteiger partial charge in [-0.2, -0.15) is 0 Å². The molecule has 0 heterocycles. The Hall–Kier alpha value is -1.55. The maximum absolute atomic E-state index is 11.9. The molecule has 5 heteroatoms. The Morgan fingerprint density at radius 3 is 2.23 bits per heavy atom. The van der Waals surface area contributed by atoms with E-state index in [1.54, 1.807) is 24.3 Å². The van der Waals surface area contributed by atoms with Crippen molar-refractivity contribution >= 4 is 23.5 Å². The summed E-state index contributed by atoms with van der Waals surface area (Å²) >= 11 is 5.96. The lowest BCUT2D eigenvalue weighted by Gasteiger charge is -2.07. The number of unbranched alkanes of at least 4 members (excludes halogenated alkanes) is 8. The summed E-state index contributed by atoms with van der Waals surface area (Å²) in [7, 11) is 0. The third-order valence-electron chi connectivity index (χ3n) is 4.24. The summed E-state index contributed by atoms with van der Waals surface area (Å²) in [5.74, 6) is -0.550. The van der Waals surface area contributed by atoms with Crippen LogP contribution in [0, 0.1) is 0 Å². The van der Waals surface area contributed by atoms with Gasteiger partial charge >= 0.3 is 5.97 Å². The van der Waals surface area contributed by atoms with Crippen molar-refractivity contribution < 1.29 is 14.3 Å². The molecule has 0 unspecified atom stereocenters. The third kappa shape index (κ3) is 10.4. The molecule has 4 nitrogen and oxygen atoms in total. The van der Waals surface area contributed by atoms with E-state index in [1.807, 2.05) is 0 Å². The Morgan fingerprint density at radius 1 is 0.962 bits per heavy atom.